The predicted octanol–water partition coefficient (Wildman–Crippen LogP) is 1.95. The van der Waals surface area contributed by atoms with Crippen LogP contribution in [0.4, 0.5) is 0 Å². The average Bonchev–Trinajstić information content (AvgIpc) is 3.27. The van der Waals surface area contributed by atoms with Gasteiger partial charge in [-0.2, -0.15) is 0 Å². The molecule has 0 aliphatic heterocycles. The topological polar surface area (TPSA) is 75.6 Å². The number of benzene rings is 1. The van der Waals surface area contributed by atoms with Gasteiger partial charge in [-0.15, -0.1) is 0 Å². The molecule has 1 amide bonds. The van der Waals surface area contributed by atoms with Crippen LogP contribution in [0.3, 0.4) is 0 Å². The van der Waals surface area contributed by atoms with Crippen LogP contribution in [0.2, 0.25) is 0 Å². The van der Waals surface area contributed by atoms with Crippen molar-refractivity contribution >= 4 is 11.9 Å². The van der Waals surface area contributed by atoms with Gasteiger partial charge in [0.05, 0.1) is 18.4 Å². The lowest BCUT2D eigenvalue weighted by Gasteiger charge is -2.11. The molecule has 2 atom stereocenters. The number of aliphatic carboxylic acids is 1. The Balaban J connectivity index is 1.85. The summed E-state index contributed by atoms with van der Waals surface area (Å²) in [7, 11) is 0. The van der Waals surface area contributed by atoms with Crippen molar-refractivity contribution in [3.8, 4) is 0 Å². The Hall–Kier alpha value is -1.88. The van der Waals surface area contributed by atoms with E-state index in [1.165, 1.54) is 0 Å². The summed E-state index contributed by atoms with van der Waals surface area (Å²) < 4.78 is 5.53. The third-order valence-electron chi connectivity index (χ3n) is 3.62. The van der Waals surface area contributed by atoms with Gasteiger partial charge in [-0.1, -0.05) is 31.2 Å². The summed E-state index contributed by atoms with van der Waals surface area (Å²) in [5, 5.41) is 11.6. The molecule has 2 rings (SSSR count). The van der Waals surface area contributed by atoms with Crippen molar-refractivity contribution in [1.82, 2.24) is 5.32 Å². The number of nitrogens with one attached hydrogen (secondary N) is 1. The maximum Gasteiger partial charge on any atom is 0.307 e. The quantitative estimate of drug-likeness (QED) is 0.718. The third kappa shape index (κ3) is 4.29. The second kappa shape index (κ2) is 7.22. The number of carboxylic acid groups (broad SMARTS) is 1. The maximum absolute atomic E-state index is 11.9. The van der Waals surface area contributed by atoms with Crippen LogP contribution < -0.4 is 5.32 Å². The minimum Gasteiger partial charge on any atom is -0.481 e. The van der Waals surface area contributed by atoms with Gasteiger partial charge < -0.3 is 15.2 Å². The molecule has 1 aromatic carbocycles. The first kappa shape index (κ1) is 15.5. The Kier molecular flexibility index (Phi) is 5.33. The van der Waals surface area contributed by atoms with Gasteiger partial charge in [0, 0.05) is 13.2 Å². The second-order valence-corrected chi connectivity index (χ2v) is 5.33. The molecule has 0 radical (unpaired) electrons. The minimum atomic E-state index is -0.886. The van der Waals surface area contributed by atoms with Crippen LogP contribution in [0.1, 0.15) is 30.9 Å². The molecule has 1 aliphatic carbocycles. The van der Waals surface area contributed by atoms with E-state index in [4.69, 9.17) is 9.84 Å². The van der Waals surface area contributed by atoms with Crippen LogP contribution in [-0.4, -0.2) is 23.6 Å². The van der Waals surface area contributed by atoms with E-state index in [1.807, 2.05) is 24.3 Å². The van der Waals surface area contributed by atoms with Crippen molar-refractivity contribution in [3.63, 3.8) is 0 Å². The first-order valence-corrected chi connectivity index (χ1v) is 7.28. The van der Waals surface area contributed by atoms with E-state index in [1.54, 1.807) is 0 Å². The van der Waals surface area contributed by atoms with Crippen molar-refractivity contribution in [2.24, 2.45) is 11.8 Å². The molecule has 0 bridgehead atoms. The molecule has 5 heteroatoms. The average molecular weight is 291 g/mol. The molecule has 114 valence electrons. The van der Waals surface area contributed by atoms with Crippen molar-refractivity contribution in [2.75, 3.05) is 6.61 Å². The largest absolute Gasteiger partial charge is 0.481 e. The number of carboxylic acids is 1. The molecular weight excluding hydrogens is 270 g/mol. The van der Waals surface area contributed by atoms with Gasteiger partial charge in [0.25, 0.3) is 0 Å². The lowest BCUT2D eigenvalue weighted by molar-refractivity contribution is -0.140. The number of carbonyl (C=O) groups is 2. The van der Waals surface area contributed by atoms with E-state index in [-0.39, 0.29) is 11.8 Å². The number of hydrogen-bond donors (Lipinski definition) is 2. The van der Waals surface area contributed by atoms with Gasteiger partial charge >= 0.3 is 5.97 Å². The van der Waals surface area contributed by atoms with Gasteiger partial charge in [-0.05, 0) is 24.0 Å². The van der Waals surface area contributed by atoms with E-state index in [0.29, 0.717) is 26.2 Å². The SMILES string of the molecule is CCCOCc1ccccc1CNC(=O)[C@H]1C[C@@H]1C(=O)O. The second-order valence-electron chi connectivity index (χ2n) is 5.33. The smallest absolute Gasteiger partial charge is 0.307 e. The monoisotopic (exact) mass is 291 g/mol. The minimum absolute atomic E-state index is 0.174. The number of amides is 1. The van der Waals surface area contributed by atoms with Gasteiger partial charge in [0.15, 0.2) is 0 Å². The molecule has 0 saturated heterocycles. The summed E-state index contributed by atoms with van der Waals surface area (Å²) in [6.07, 6.45) is 1.42. The highest BCUT2D eigenvalue weighted by atomic mass is 16.5. The molecule has 0 spiro atoms. The van der Waals surface area contributed by atoms with Crippen LogP contribution in [0.15, 0.2) is 24.3 Å². The van der Waals surface area contributed by atoms with E-state index >= 15 is 0 Å². The van der Waals surface area contributed by atoms with Crippen LogP contribution >= 0.6 is 0 Å². The predicted molar refractivity (Wildman–Crippen MR) is 77.5 cm³/mol. The molecule has 0 aromatic heterocycles. The Morgan fingerprint density at radius 2 is 2.00 bits per heavy atom. The molecule has 1 fully saturated rings. The van der Waals surface area contributed by atoms with Gasteiger partial charge in [-0.3, -0.25) is 9.59 Å². The Labute approximate surface area is 124 Å². The van der Waals surface area contributed by atoms with Crippen LogP contribution in [0.5, 0.6) is 0 Å². The Morgan fingerprint density at radius 1 is 1.29 bits per heavy atom. The zero-order valence-corrected chi connectivity index (χ0v) is 12.2. The number of rotatable bonds is 8. The fraction of sp³-hybridized carbons (Fsp3) is 0.500. The first-order valence-electron chi connectivity index (χ1n) is 7.28. The molecule has 0 heterocycles. The van der Waals surface area contributed by atoms with Crippen molar-refractivity contribution in [1.29, 1.82) is 0 Å². The van der Waals surface area contributed by atoms with E-state index in [0.717, 1.165) is 17.5 Å². The molecule has 0 unspecified atom stereocenters. The van der Waals surface area contributed by atoms with Gasteiger partial charge in [0.2, 0.25) is 5.91 Å². The normalized spacial score (nSPS) is 20.0. The van der Waals surface area contributed by atoms with Gasteiger partial charge in [-0.25, -0.2) is 0 Å². The summed E-state index contributed by atoms with van der Waals surface area (Å²) in [4.78, 5) is 22.6. The zero-order valence-electron chi connectivity index (χ0n) is 12.2. The fourth-order valence-electron chi connectivity index (χ4n) is 2.27. The maximum atomic E-state index is 11.9. The molecular formula is C16H21NO4. The third-order valence-corrected chi connectivity index (χ3v) is 3.62. The summed E-state index contributed by atoms with van der Waals surface area (Å²) in [5.74, 6) is -1.94. The van der Waals surface area contributed by atoms with Crippen molar-refractivity contribution in [3.05, 3.63) is 35.4 Å². The van der Waals surface area contributed by atoms with E-state index in [2.05, 4.69) is 12.2 Å². The molecule has 21 heavy (non-hydrogen) atoms. The van der Waals surface area contributed by atoms with E-state index < -0.39 is 11.9 Å². The Bertz CT molecular complexity index is 515. The summed E-state index contributed by atoms with van der Waals surface area (Å²) in [6, 6.07) is 7.79. The van der Waals surface area contributed by atoms with Crippen molar-refractivity contribution < 1.29 is 19.4 Å². The zero-order chi connectivity index (χ0) is 15.2. The standard InChI is InChI=1S/C16H21NO4/c1-2-7-21-10-12-6-4-3-5-11(12)9-17-15(18)13-8-14(13)16(19)20/h3-6,13-14H,2,7-10H2,1H3,(H,17,18)(H,19,20)/t13-,14-/m0/s1. The highest BCUT2D eigenvalue weighted by Gasteiger charge is 2.48. The number of carbonyl (C=O) groups excluding carboxylic acids is 1. The van der Waals surface area contributed by atoms with Crippen LogP contribution in [0.25, 0.3) is 0 Å². The van der Waals surface area contributed by atoms with Gasteiger partial charge in [0.1, 0.15) is 0 Å². The summed E-state index contributed by atoms with van der Waals surface area (Å²) in [6.45, 7) is 3.71. The lowest BCUT2D eigenvalue weighted by atomic mass is 10.1. The highest BCUT2D eigenvalue weighted by Crippen LogP contribution is 2.38. The molecule has 2 N–H and O–H groups in total. The van der Waals surface area contributed by atoms with Crippen LogP contribution in [0, 0.1) is 11.8 Å². The van der Waals surface area contributed by atoms with Crippen LogP contribution in [-0.2, 0) is 27.5 Å². The molecule has 5 nitrogen and oxygen atoms in total. The number of ether oxygens (including phenoxy) is 1. The number of hydrogen-bond acceptors (Lipinski definition) is 3. The highest BCUT2D eigenvalue weighted by molar-refractivity contribution is 5.89. The first-order chi connectivity index (χ1) is 10.1. The fourth-order valence-corrected chi connectivity index (χ4v) is 2.27. The lowest BCUT2D eigenvalue weighted by Crippen LogP contribution is -2.26. The Morgan fingerprint density at radius 3 is 2.62 bits per heavy atom. The van der Waals surface area contributed by atoms with Crippen molar-refractivity contribution in [2.45, 2.75) is 32.9 Å². The summed E-state index contributed by atoms with van der Waals surface area (Å²) in [5.41, 5.74) is 2.06. The molecule has 1 aromatic rings. The molecule has 1 aliphatic rings. The molecule has 1 saturated carbocycles. The van der Waals surface area contributed by atoms with E-state index in [9.17, 15) is 9.59 Å². The summed E-state index contributed by atoms with van der Waals surface area (Å²) >= 11 is 0.